The van der Waals surface area contributed by atoms with Gasteiger partial charge in [-0.15, -0.1) is 0 Å². The molecule has 0 unspecified atom stereocenters. The number of aryl methyl sites for hydroxylation is 1. The van der Waals surface area contributed by atoms with Gasteiger partial charge in [-0.3, -0.25) is 9.47 Å². The number of hydrogen-bond donors (Lipinski definition) is 4. The molecule has 1 aliphatic heterocycles. The number of fused-ring (bicyclic) bond motifs is 1. The molecule has 0 aliphatic carbocycles. The second-order valence-electron chi connectivity index (χ2n) is 10.9. The van der Waals surface area contributed by atoms with E-state index in [0.717, 1.165) is 49.9 Å². The van der Waals surface area contributed by atoms with Crippen LogP contribution in [-0.4, -0.2) is 50.6 Å². The molecule has 4 aromatic rings. The van der Waals surface area contributed by atoms with Crippen LogP contribution in [0.2, 0.25) is 5.02 Å². The highest BCUT2D eigenvalue weighted by Crippen LogP contribution is 2.32. The standard InChI is InChI=1S/C30H36ClFN8O/c1-17(33)4-3-5-19-12-24(27(32)25(31)13-19)26-14-21-15-40(30(41)38-28(21)37-26)23-8-6-20(7-9-23)18(2)39-11-10-22(16-39)36-29(34)35/h6-9,12-15,17-18,22H,3-5,10-11,16,33H2,1-2H3,(H4,34,35,36)(H,37,38,41)/t17-,18-,22+/m0/s1. The summed E-state index contributed by atoms with van der Waals surface area (Å²) >= 11 is 6.24. The first-order valence-corrected chi connectivity index (χ1v) is 14.3. The summed E-state index contributed by atoms with van der Waals surface area (Å²) in [7, 11) is 0. The number of likely N-dealkylation sites (tertiary alicyclic amines) is 1. The minimum absolute atomic E-state index is 0.0551. The molecule has 0 amide bonds. The highest BCUT2D eigenvalue weighted by atomic mass is 35.5. The number of benzene rings is 2. The number of aromatic amines is 1. The Balaban J connectivity index is 1.38. The van der Waals surface area contributed by atoms with Crippen molar-refractivity contribution in [2.24, 2.45) is 22.2 Å². The second-order valence-corrected chi connectivity index (χ2v) is 11.4. The first-order valence-electron chi connectivity index (χ1n) is 13.9. The number of nitrogens with zero attached hydrogens (tertiary/aromatic N) is 4. The summed E-state index contributed by atoms with van der Waals surface area (Å²) in [6.45, 7) is 5.81. The Morgan fingerprint density at radius 2 is 1.98 bits per heavy atom. The number of guanidine groups is 1. The quantitative estimate of drug-likeness (QED) is 0.173. The van der Waals surface area contributed by atoms with Crippen molar-refractivity contribution in [2.75, 3.05) is 13.1 Å². The zero-order chi connectivity index (χ0) is 29.3. The Hall–Kier alpha value is -3.73. The number of nitrogens with one attached hydrogen (secondary N) is 1. The number of rotatable bonds is 9. The summed E-state index contributed by atoms with van der Waals surface area (Å²) in [5.41, 5.74) is 20.5. The molecule has 11 heteroatoms. The lowest BCUT2D eigenvalue weighted by Gasteiger charge is -2.24. The van der Waals surface area contributed by atoms with E-state index in [1.54, 1.807) is 24.4 Å². The lowest BCUT2D eigenvalue weighted by Crippen LogP contribution is -2.28. The molecule has 0 bridgehead atoms. The van der Waals surface area contributed by atoms with Gasteiger partial charge in [-0.1, -0.05) is 23.7 Å². The molecule has 7 N–H and O–H groups in total. The van der Waals surface area contributed by atoms with Gasteiger partial charge in [0.1, 0.15) is 5.65 Å². The van der Waals surface area contributed by atoms with E-state index < -0.39 is 11.5 Å². The topological polar surface area (TPSA) is 144 Å². The van der Waals surface area contributed by atoms with E-state index in [1.165, 1.54) is 4.57 Å². The van der Waals surface area contributed by atoms with Gasteiger partial charge in [0.25, 0.3) is 0 Å². The highest BCUT2D eigenvalue weighted by molar-refractivity contribution is 6.31. The fourth-order valence-electron chi connectivity index (χ4n) is 5.50. The first-order chi connectivity index (χ1) is 19.6. The van der Waals surface area contributed by atoms with Gasteiger partial charge in [0.2, 0.25) is 0 Å². The van der Waals surface area contributed by atoms with Gasteiger partial charge in [-0.25, -0.2) is 14.2 Å². The van der Waals surface area contributed by atoms with Crippen molar-refractivity contribution in [3.05, 3.63) is 81.1 Å². The van der Waals surface area contributed by atoms with Crippen molar-refractivity contribution in [3.8, 4) is 16.9 Å². The Morgan fingerprint density at radius 3 is 2.68 bits per heavy atom. The zero-order valence-electron chi connectivity index (χ0n) is 23.3. The molecule has 216 valence electrons. The smallest absolute Gasteiger partial charge is 0.354 e. The minimum atomic E-state index is -0.517. The number of halogens is 2. The van der Waals surface area contributed by atoms with Crippen molar-refractivity contribution in [2.45, 2.75) is 57.7 Å². The van der Waals surface area contributed by atoms with Crippen LogP contribution in [0.1, 0.15) is 50.3 Å². The Bertz CT molecular complexity index is 1620. The number of nitrogens with two attached hydrogens (primary N) is 3. The monoisotopic (exact) mass is 578 g/mol. The minimum Gasteiger partial charge on any atom is -0.370 e. The molecule has 0 saturated carbocycles. The van der Waals surface area contributed by atoms with Crippen molar-refractivity contribution >= 4 is 28.6 Å². The van der Waals surface area contributed by atoms with E-state index in [0.29, 0.717) is 28.0 Å². The average Bonchev–Trinajstić information content (AvgIpc) is 3.56. The third kappa shape index (κ3) is 6.45. The van der Waals surface area contributed by atoms with Gasteiger partial charge in [-0.05, 0) is 81.0 Å². The van der Waals surface area contributed by atoms with Crippen molar-refractivity contribution in [3.63, 3.8) is 0 Å². The van der Waals surface area contributed by atoms with Crippen LogP contribution in [0.15, 0.2) is 58.4 Å². The lowest BCUT2D eigenvalue weighted by molar-refractivity contribution is 0.260. The van der Waals surface area contributed by atoms with E-state index >= 15 is 4.39 Å². The fourth-order valence-corrected chi connectivity index (χ4v) is 5.74. The molecule has 0 radical (unpaired) electrons. The predicted octanol–water partition coefficient (Wildman–Crippen LogP) is 4.25. The number of hydrogen-bond acceptors (Lipinski definition) is 5. The van der Waals surface area contributed by atoms with Crippen molar-refractivity contribution in [1.82, 2.24) is 19.4 Å². The SMILES string of the molecule is C[C@H](N)CCCc1cc(Cl)c(F)c(-c2cc3cn(-c4ccc([C@H](C)N5CC[C@@H](N=C(N)N)C5)cc4)c(=O)nc3[nH]2)c1. The van der Waals surface area contributed by atoms with Crippen LogP contribution in [0.5, 0.6) is 0 Å². The Kier molecular flexibility index (Phi) is 8.44. The van der Waals surface area contributed by atoms with E-state index in [4.69, 9.17) is 28.8 Å². The van der Waals surface area contributed by atoms with Crippen LogP contribution in [0.3, 0.4) is 0 Å². The Labute approximate surface area is 243 Å². The zero-order valence-corrected chi connectivity index (χ0v) is 24.0. The predicted molar refractivity (Wildman–Crippen MR) is 163 cm³/mol. The van der Waals surface area contributed by atoms with E-state index in [2.05, 4.69) is 26.8 Å². The molecule has 2 aromatic carbocycles. The summed E-state index contributed by atoms with van der Waals surface area (Å²) in [6.07, 6.45) is 5.11. The molecule has 5 rings (SSSR count). The van der Waals surface area contributed by atoms with Crippen LogP contribution >= 0.6 is 11.6 Å². The van der Waals surface area contributed by atoms with Gasteiger partial charge >= 0.3 is 5.69 Å². The third-order valence-corrected chi connectivity index (χ3v) is 8.01. The summed E-state index contributed by atoms with van der Waals surface area (Å²) in [5.74, 6) is -0.397. The molecule has 2 aromatic heterocycles. The van der Waals surface area contributed by atoms with Gasteiger partial charge in [0.05, 0.1) is 22.4 Å². The Morgan fingerprint density at radius 1 is 1.22 bits per heavy atom. The van der Waals surface area contributed by atoms with E-state index in [9.17, 15) is 4.79 Å². The molecule has 9 nitrogen and oxygen atoms in total. The van der Waals surface area contributed by atoms with Crippen LogP contribution in [0, 0.1) is 5.82 Å². The van der Waals surface area contributed by atoms with Crippen LogP contribution < -0.4 is 22.9 Å². The van der Waals surface area contributed by atoms with Crippen molar-refractivity contribution in [1.29, 1.82) is 0 Å². The summed E-state index contributed by atoms with van der Waals surface area (Å²) < 4.78 is 16.6. The van der Waals surface area contributed by atoms with Crippen LogP contribution in [0.4, 0.5) is 4.39 Å². The first kappa shape index (κ1) is 28.8. The van der Waals surface area contributed by atoms with Crippen LogP contribution in [-0.2, 0) is 6.42 Å². The van der Waals surface area contributed by atoms with Crippen molar-refractivity contribution < 1.29 is 4.39 Å². The maximum Gasteiger partial charge on any atom is 0.354 e. The molecule has 1 aliphatic rings. The van der Waals surface area contributed by atoms with Gasteiger partial charge < -0.3 is 22.2 Å². The molecule has 1 fully saturated rings. The summed E-state index contributed by atoms with van der Waals surface area (Å²) in [5, 5.41) is 0.734. The second kappa shape index (κ2) is 12.0. The van der Waals surface area contributed by atoms with Gasteiger partial charge in [0, 0.05) is 42.3 Å². The lowest BCUT2D eigenvalue weighted by atomic mass is 10.0. The summed E-state index contributed by atoms with van der Waals surface area (Å²) in [6, 6.07) is 13.5. The average molecular weight is 579 g/mol. The van der Waals surface area contributed by atoms with Gasteiger partial charge in [0.15, 0.2) is 11.8 Å². The molecule has 41 heavy (non-hydrogen) atoms. The maximum atomic E-state index is 15.1. The maximum absolute atomic E-state index is 15.1. The molecule has 3 atom stereocenters. The number of aromatic nitrogens is 3. The normalized spacial score (nSPS) is 17.1. The summed E-state index contributed by atoms with van der Waals surface area (Å²) in [4.78, 5) is 26.9. The fraction of sp³-hybridized carbons (Fsp3) is 0.367. The van der Waals surface area contributed by atoms with E-state index in [-0.39, 0.29) is 29.1 Å². The molecule has 0 spiro atoms. The number of H-pyrrole nitrogens is 1. The number of aliphatic imine (C=N–C) groups is 1. The third-order valence-electron chi connectivity index (χ3n) is 7.74. The molecular weight excluding hydrogens is 543 g/mol. The van der Waals surface area contributed by atoms with Gasteiger partial charge in [-0.2, -0.15) is 4.98 Å². The van der Waals surface area contributed by atoms with Crippen LogP contribution in [0.25, 0.3) is 28.0 Å². The molecular formula is C30H36ClFN8O. The molecule has 3 heterocycles. The molecule has 1 saturated heterocycles. The van der Waals surface area contributed by atoms with E-state index in [1.807, 2.05) is 31.2 Å². The highest BCUT2D eigenvalue weighted by Gasteiger charge is 2.26. The largest absolute Gasteiger partial charge is 0.370 e.